The van der Waals surface area contributed by atoms with Gasteiger partial charge in [-0.05, 0) is 24.5 Å². The van der Waals surface area contributed by atoms with Crippen molar-refractivity contribution in [2.24, 2.45) is 16.8 Å². The Morgan fingerprint density at radius 1 is 1.35 bits per heavy atom. The summed E-state index contributed by atoms with van der Waals surface area (Å²) in [6.07, 6.45) is 7.06. The average molecular weight is 576 g/mol. The summed E-state index contributed by atoms with van der Waals surface area (Å²) < 4.78 is 19.4. The Morgan fingerprint density at radius 2 is 2.12 bits per heavy atom. The molecular weight excluding hydrogens is 539 g/mol. The minimum absolute atomic E-state index is 0.0774. The van der Waals surface area contributed by atoms with E-state index >= 15 is 0 Å². The van der Waals surface area contributed by atoms with E-state index in [0.29, 0.717) is 29.9 Å². The Kier molecular flexibility index (Phi) is 9.49. The molecule has 2 unspecified atom stereocenters. The van der Waals surface area contributed by atoms with Crippen LogP contribution in [0.15, 0.2) is 34.8 Å². The molecule has 0 spiro atoms. The number of nitrogens with zero attached hydrogens (tertiary/aromatic N) is 2. The van der Waals surface area contributed by atoms with Gasteiger partial charge in [0.1, 0.15) is 0 Å². The van der Waals surface area contributed by atoms with E-state index in [0.717, 1.165) is 17.1 Å². The van der Waals surface area contributed by atoms with Gasteiger partial charge in [-0.3, -0.25) is 9.79 Å². The molecule has 2 aromatic rings. The molecule has 2 heterocycles. The van der Waals surface area contributed by atoms with Crippen molar-refractivity contribution in [3.63, 3.8) is 0 Å². The third-order valence-corrected chi connectivity index (χ3v) is 11.4. The van der Waals surface area contributed by atoms with Crippen LogP contribution in [0, 0.1) is 17.7 Å². The number of H-pyrrole nitrogens is 1. The molecule has 1 aromatic heterocycles. The van der Waals surface area contributed by atoms with Crippen LogP contribution in [0.4, 0.5) is 15.9 Å². The molecule has 0 saturated heterocycles. The molecule has 2 aliphatic rings. The molecular formula is C26H37FN5OSb. The molecule has 1 fully saturated rings. The van der Waals surface area contributed by atoms with Gasteiger partial charge >= 0.3 is 144 Å². The standard InChI is InChI=1S/C16H19FN4.C9H15NO.CH3.Sb/c1-10-5-6-11(7-10)14-8-15(21-20-14)19-13-4-2-3-12(9-18)16(13)17;1-7(2)9(6-10-4)5-8(3)11;;/h2,4,8,10-11,18H,5-7,9H2,1H3,(H2,19,20,21);5-7H,1-4H3;1H3;/q-1;;;+1/b;9-5+,10-6?;;. The van der Waals surface area contributed by atoms with Gasteiger partial charge in [0.05, 0.1) is 0 Å². The fourth-order valence-corrected chi connectivity index (χ4v) is 8.57. The van der Waals surface area contributed by atoms with Gasteiger partial charge in [-0.2, -0.15) is 0 Å². The first-order valence-corrected chi connectivity index (χ1v) is 17.0. The summed E-state index contributed by atoms with van der Waals surface area (Å²) in [5.74, 6) is 2.38. The van der Waals surface area contributed by atoms with E-state index in [4.69, 9.17) is 0 Å². The monoisotopic (exact) mass is 575 g/mol. The van der Waals surface area contributed by atoms with Gasteiger partial charge < -0.3 is 0 Å². The molecule has 8 heteroatoms. The maximum absolute atomic E-state index is 14.7. The number of aromatic amines is 1. The van der Waals surface area contributed by atoms with Gasteiger partial charge in [0.2, 0.25) is 0 Å². The molecule has 4 rings (SSSR count). The van der Waals surface area contributed by atoms with Crippen molar-refractivity contribution in [2.45, 2.75) is 64.3 Å². The molecule has 1 aliphatic carbocycles. The summed E-state index contributed by atoms with van der Waals surface area (Å²) in [5.41, 5.74) is 3.53. The molecule has 184 valence electrons. The van der Waals surface area contributed by atoms with Crippen molar-refractivity contribution in [3.05, 3.63) is 46.9 Å². The van der Waals surface area contributed by atoms with Crippen LogP contribution >= 0.6 is 0 Å². The zero-order valence-corrected chi connectivity index (χ0v) is 23.6. The summed E-state index contributed by atoms with van der Waals surface area (Å²) in [5, 5.41) is 10.6. The van der Waals surface area contributed by atoms with Crippen molar-refractivity contribution in [1.29, 1.82) is 0 Å². The van der Waals surface area contributed by atoms with Crippen molar-refractivity contribution >= 4 is 47.5 Å². The van der Waals surface area contributed by atoms with Crippen LogP contribution in [-0.4, -0.2) is 49.7 Å². The van der Waals surface area contributed by atoms with Gasteiger partial charge in [0, 0.05) is 13.3 Å². The minimum atomic E-state index is -1.57. The van der Waals surface area contributed by atoms with Gasteiger partial charge in [0.15, 0.2) is 5.78 Å². The van der Waals surface area contributed by atoms with Gasteiger partial charge in [-0.15, -0.1) is 0 Å². The molecule has 1 aromatic carbocycles. The molecule has 2 atom stereocenters. The van der Waals surface area contributed by atoms with Crippen molar-refractivity contribution in [1.82, 2.24) is 13.7 Å². The van der Waals surface area contributed by atoms with E-state index < -0.39 is 20.5 Å². The normalized spacial score (nSPS) is 20.5. The zero-order valence-electron chi connectivity index (χ0n) is 21.1. The fraction of sp³-hybridized carbons (Fsp3) is 0.500. The Labute approximate surface area is 210 Å². The van der Waals surface area contributed by atoms with E-state index in [9.17, 15) is 9.18 Å². The van der Waals surface area contributed by atoms with Crippen molar-refractivity contribution in [2.75, 3.05) is 12.4 Å². The molecule has 1 saturated carbocycles. The van der Waals surface area contributed by atoms with Crippen LogP contribution in [0.1, 0.15) is 64.1 Å². The van der Waals surface area contributed by atoms with Crippen LogP contribution in [0.2, 0.25) is 4.87 Å². The second-order valence-corrected chi connectivity index (χ2v) is 15.0. The number of hydrogen-bond donors (Lipinski definition) is 3. The molecule has 3 N–H and O–H groups in total. The van der Waals surface area contributed by atoms with Crippen LogP contribution < -0.4 is 12.3 Å². The number of carbonyl (C=O) groups is 1. The molecule has 0 radical (unpaired) electrons. The first kappa shape index (κ1) is 26.6. The summed E-state index contributed by atoms with van der Waals surface area (Å²) in [4.78, 5) is 16.8. The summed E-state index contributed by atoms with van der Waals surface area (Å²) in [6.45, 7) is 8.59. The van der Waals surface area contributed by atoms with E-state index in [-0.39, 0.29) is 11.6 Å². The van der Waals surface area contributed by atoms with E-state index in [2.05, 4.69) is 41.8 Å². The number of carbonyl (C=O) groups excluding carboxylic acids is 1. The fourth-order valence-electron chi connectivity index (χ4n) is 4.45. The Hall–Kier alpha value is -1.98. The van der Waals surface area contributed by atoms with Crippen LogP contribution in [0.25, 0.3) is 0 Å². The third-order valence-electron chi connectivity index (χ3n) is 6.38. The van der Waals surface area contributed by atoms with Crippen LogP contribution in [0.5, 0.6) is 0 Å². The second-order valence-electron chi connectivity index (χ2n) is 9.56. The maximum Gasteiger partial charge on any atom is 0.152 e. The topological polar surface area (TPSA) is 82.2 Å². The SMILES string of the molecule is CC1CCC(c2cc(Nc3cc[c]4c(c3F)C[NH][Sb]4[CH3])n[nH]2)C1.CN=C/C(=C\C(C)=O)C(C)C. The number of hydrogen-bond acceptors (Lipinski definition) is 5. The number of benzene rings is 1. The van der Waals surface area contributed by atoms with Crippen molar-refractivity contribution < 1.29 is 9.18 Å². The van der Waals surface area contributed by atoms with Crippen LogP contribution in [-0.2, 0) is 11.3 Å². The number of halogens is 1. The predicted molar refractivity (Wildman–Crippen MR) is 140 cm³/mol. The largest absolute Gasteiger partial charge is 0.296 e. The molecule has 6 nitrogen and oxygen atoms in total. The Balaban J connectivity index is 0.000000252. The Bertz CT molecular complexity index is 1060. The van der Waals surface area contributed by atoms with E-state index in [1.165, 1.54) is 28.5 Å². The number of ketones is 1. The zero-order chi connectivity index (χ0) is 24.8. The third kappa shape index (κ3) is 6.79. The number of fused-ring (bicyclic) bond motifs is 1. The number of nitrogens with one attached hydrogen (secondary N) is 3. The number of aliphatic imine (C=N–C) groups is 1. The number of rotatable bonds is 6. The summed E-state index contributed by atoms with van der Waals surface area (Å²) >= 11 is -1.57. The molecule has 1 aliphatic heterocycles. The summed E-state index contributed by atoms with van der Waals surface area (Å²) in [7, 11) is 1.70. The van der Waals surface area contributed by atoms with Crippen LogP contribution in [0.3, 0.4) is 0 Å². The maximum atomic E-state index is 14.7. The Morgan fingerprint density at radius 3 is 2.74 bits per heavy atom. The quantitative estimate of drug-likeness (QED) is 0.257. The molecule has 34 heavy (non-hydrogen) atoms. The first-order valence-electron chi connectivity index (χ1n) is 11.9. The minimum Gasteiger partial charge on any atom is -0.296 e. The average Bonchev–Trinajstić information content (AvgIpc) is 3.51. The second kappa shape index (κ2) is 12.1. The van der Waals surface area contributed by atoms with Gasteiger partial charge in [-0.25, -0.2) is 0 Å². The predicted octanol–water partition coefficient (Wildman–Crippen LogP) is 4.99. The van der Waals surface area contributed by atoms with Gasteiger partial charge in [0.25, 0.3) is 0 Å². The van der Waals surface area contributed by atoms with E-state index in [1.54, 1.807) is 26.3 Å². The van der Waals surface area contributed by atoms with Crippen molar-refractivity contribution in [3.8, 4) is 0 Å². The number of allylic oxidation sites excluding steroid dienone is 2. The smallest absolute Gasteiger partial charge is 0.152 e. The number of aromatic nitrogens is 2. The first-order chi connectivity index (χ1) is 16.2. The summed E-state index contributed by atoms with van der Waals surface area (Å²) in [6, 6.07) is 5.97. The molecule has 0 amide bonds. The van der Waals surface area contributed by atoms with E-state index in [1.807, 2.05) is 26.0 Å². The number of anilines is 2. The molecule has 0 bridgehead atoms. The van der Waals surface area contributed by atoms with Gasteiger partial charge in [-0.1, -0.05) is 13.8 Å².